The van der Waals surface area contributed by atoms with Gasteiger partial charge in [0.15, 0.2) is 0 Å². The number of unbranched alkanes of at least 4 members (excludes halogenated alkanes) is 6. The molecule has 0 aromatic rings. The molecule has 186 valence electrons. The Balaban J connectivity index is 5.50. The first-order chi connectivity index (χ1) is 14.5. The molecule has 0 amide bonds. The Labute approximate surface area is 192 Å². The van der Waals surface area contributed by atoms with E-state index in [1.165, 1.54) is 77.0 Å². The van der Waals surface area contributed by atoms with Gasteiger partial charge < -0.3 is 0 Å². The van der Waals surface area contributed by atoms with Gasteiger partial charge in [0.25, 0.3) is 0 Å². The van der Waals surface area contributed by atoms with Crippen LogP contribution in [0.2, 0.25) is 0 Å². The van der Waals surface area contributed by atoms with Crippen LogP contribution < -0.4 is 0 Å². The number of hydrogen-bond acceptors (Lipinski definition) is 3. The second-order valence-electron chi connectivity index (χ2n) is 9.44. The predicted octanol–water partition coefficient (Wildman–Crippen LogP) is 9.54. The molecule has 0 unspecified atom stereocenters. The van der Waals surface area contributed by atoms with Crippen LogP contribution in [-0.2, 0) is 13.2 Å². The second kappa shape index (κ2) is 19.5. The average Bonchev–Trinajstić information content (AvgIpc) is 2.75. The van der Waals surface area contributed by atoms with Crippen molar-refractivity contribution in [2.45, 2.75) is 119 Å². The van der Waals surface area contributed by atoms with Gasteiger partial charge in [0, 0.05) is 0 Å². The maximum absolute atomic E-state index is 13.5. The Morgan fingerprint density at radius 3 is 0.833 bits per heavy atom. The topological polar surface area (TPSA) is 35.5 Å². The summed E-state index contributed by atoms with van der Waals surface area (Å²) in [5.41, 5.74) is 0. The SMILES string of the molecule is CCCC[PH](CCCC)(CCCC)O[PH](=O)O[PH](CCCC)(CCCC)CCCC. The molecular formula is C24H57O3P3. The summed E-state index contributed by atoms with van der Waals surface area (Å²) in [4.78, 5) is 0. The van der Waals surface area contributed by atoms with Crippen LogP contribution in [0.5, 0.6) is 0 Å². The molecule has 0 aromatic carbocycles. The summed E-state index contributed by atoms with van der Waals surface area (Å²) in [6.45, 7) is 13.6. The van der Waals surface area contributed by atoms with Crippen molar-refractivity contribution in [3.63, 3.8) is 0 Å². The molecule has 0 aromatic heterocycles. The van der Waals surface area contributed by atoms with Crippen molar-refractivity contribution in [3.8, 4) is 0 Å². The standard InChI is InChI=1S/C24H57O3P3/c1-7-13-19-29(20-14-8-2,21-15-9-3)26-28(25)27-30(22-16-10-4,23-17-11-5)24-18-12-6/h28-30H,7-24H2,1-6H3. The van der Waals surface area contributed by atoms with Crippen LogP contribution in [-0.4, -0.2) is 37.0 Å². The molecule has 0 bridgehead atoms. The Bertz CT molecular complexity index is 339. The summed E-state index contributed by atoms with van der Waals surface area (Å²) in [6, 6.07) is 0. The van der Waals surface area contributed by atoms with Gasteiger partial charge in [-0.1, -0.05) is 0 Å². The molecule has 0 rings (SSSR count). The van der Waals surface area contributed by atoms with Crippen molar-refractivity contribution in [3.05, 3.63) is 0 Å². The molecule has 0 aliphatic heterocycles. The second-order valence-corrected chi connectivity index (χ2v) is 19.3. The van der Waals surface area contributed by atoms with Gasteiger partial charge in [0.1, 0.15) is 0 Å². The van der Waals surface area contributed by atoms with E-state index >= 15 is 0 Å². The fourth-order valence-corrected chi connectivity index (χ4v) is 17.7. The first-order valence-corrected chi connectivity index (χ1v) is 19.7. The van der Waals surface area contributed by atoms with Gasteiger partial charge in [-0.2, -0.15) is 0 Å². The van der Waals surface area contributed by atoms with Crippen LogP contribution in [0.3, 0.4) is 0 Å². The zero-order valence-electron chi connectivity index (χ0n) is 21.5. The van der Waals surface area contributed by atoms with E-state index in [9.17, 15) is 4.57 Å². The van der Waals surface area contributed by atoms with Gasteiger partial charge in [-0.25, -0.2) is 0 Å². The Morgan fingerprint density at radius 2 is 0.667 bits per heavy atom. The first kappa shape index (κ1) is 31.0. The quantitative estimate of drug-likeness (QED) is 0.143. The van der Waals surface area contributed by atoms with E-state index in [2.05, 4.69) is 41.5 Å². The van der Waals surface area contributed by atoms with Crippen molar-refractivity contribution in [1.82, 2.24) is 0 Å². The molecule has 0 saturated heterocycles. The van der Waals surface area contributed by atoms with E-state index in [0.717, 1.165) is 37.0 Å². The van der Waals surface area contributed by atoms with Crippen molar-refractivity contribution in [1.29, 1.82) is 0 Å². The van der Waals surface area contributed by atoms with Crippen molar-refractivity contribution in [2.24, 2.45) is 0 Å². The predicted molar refractivity (Wildman–Crippen MR) is 146 cm³/mol. The Morgan fingerprint density at radius 1 is 0.467 bits per heavy atom. The fourth-order valence-electron chi connectivity index (χ4n) is 4.42. The molecule has 6 heteroatoms. The number of rotatable bonds is 22. The molecule has 0 fully saturated rings. The summed E-state index contributed by atoms with van der Waals surface area (Å²) in [5, 5.41) is 0. The fraction of sp³-hybridized carbons (Fsp3) is 1.00. The van der Waals surface area contributed by atoms with E-state index in [0.29, 0.717) is 0 Å². The zero-order valence-corrected chi connectivity index (χ0v) is 24.5. The Hall–Kier alpha value is 1.01. The van der Waals surface area contributed by atoms with E-state index in [-0.39, 0.29) is 0 Å². The summed E-state index contributed by atoms with van der Waals surface area (Å²) in [6.07, 6.45) is 21.4. The van der Waals surface area contributed by atoms with E-state index in [4.69, 9.17) is 8.62 Å². The summed E-state index contributed by atoms with van der Waals surface area (Å²) >= 11 is 0. The van der Waals surface area contributed by atoms with Gasteiger partial charge in [-0.15, -0.1) is 0 Å². The van der Waals surface area contributed by atoms with E-state index in [1.807, 2.05) is 0 Å². The van der Waals surface area contributed by atoms with Crippen LogP contribution in [0.1, 0.15) is 119 Å². The average molecular weight is 487 g/mol. The summed E-state index contributed by atoms with van der Waals surface area (Å²) in [7, 11) is -6.38. The molecule has 0 N–H and O–H groups in total. The molecule has 0 aliphatic rings. The van der Waals surface area contributed by atoms with Crippen molar-refractivity contribution >= 4 is 23.2 Å². The van der Waals surface area contributed by atoms with Gasteiger partial charge in [-0.05, 0) is 0 Å². The summed E-state index contributed by atoms with van der Waals surface area (Å²) in [5.74, 6) is 0. The van der Waals surface area contributed by atoms with Gasteiger partial charge in [-0.3, -0.25) is 0 Å². The molecular weight excluding hydrogens is 429 g/mol. The van der Waals surface area contributed by atoms with Crippen LogP contribution >= 0.6 is 23.2 Å². The first-order valence-electron chi connectivity index (χ1n) is 13.4. The minimum absolute atomic E-state index is 1.16. The third kappa shape index (κ3) is 13.5. The monoisotopic (exact) mass is 486 g/mol. The van der Waals surface area contributed by atoms with Crippen LogP contribution in [0.4, 0.5) is 0 Å². The maximum atomic E-state index is 13.5. The van der Waals surface area contributed by atoms with E-state index in [1.54, 1.807) is 0 Å². The molecule has 0 heterocycles. The van der Waals surface area contributed by atoms with Gasteiger partial charge in [0.2, 0.25) is 0 Å². The minimum atomic E-state index is -2.41. The summed E-state index contributed by atoms with van der Waals surface area (Å²) < 4.78 is 26.7. The third-order valence-electron chi connectivity index (χ3n) is 6.52. The molecule has 0 radical (unpaired) electrons. The third-order valence-corrected chi connectivity index (χ3v) is 18.9. The van der Waals surface area contributed by atoms with Gasteiger partial charge in [0.05, 0.1) is 0 Å². The molecule has 0 spiro atoms. The number of hydrogen-bond donors (Lipinski definition) is 0. The van der Waals surface area contributed by atoms with E-state index < -0.39 is 23.2 Å². The Kier molecular flexibility index (Phi) is 20.1. The molecule has 0 saturated carbocycles. The van der Waals surface area contributed by atoms with Gasteiger partial charge >= 0.3 is 192 Å². The van der Waals surface area contributed by atoms with Crippen LogP contribution in [0.25, 0.3) is 0 Å². The normalized spacial score (nSPS) is 14.7. The van der Waals surface area contributed by atoms with Crippen LogP contribution in [0, 0.1) is 0 Å². The van der Waals surface area contributed by atoms with Crippen molar-refractivity contribution in [2.75, 3.05) is 37.0 Å². The zero-order chi connectivity index (χ0) is 22.7. The molecule has 3 nitrogen and oxygen atoms in total. The molecule has 30 heavy (non-hydrogen) atoms. The van der Waals surface area contributed by atoms with Crippen LogP contribution in [0.15, 0.2) is 0 Å². The molecule has 0 atom stereocenters. The van der Waals surface area contributed by atoms with Crippen molar-refractivity contribution < 1.29 is 13.2 Å². The molecule has 0 aliphatic carbocycles.